The standard InChI is InChI=1S/C19H30N2O4S/c1-4-5-12-26(23,24)21-10-8-17(9-11-21)20-19(22)14-25-18-7-6-15(2)16(3)13-18/h6-7,13,17H,4-5,8-12,14H2,1-3H3,(H,20,22). The molecule has 0 atom stereocenters. The topological polar surface area (TPSA) is 75.7 Å². The predicted octanol–water partition coefficient (Wildman–Crippen LogP) is 2.39. The third kappa shape index (κ3) is 5.99. The Bertz CT molecular complexity index is 710. The van der Waals surface area contributed by atoms with E-state index in [-0.39, 0.29) is 24.3 Å². The second-order valence-electron chi connectivity index (χ2n) is 6.95. The van der Waals surface area contributed by atoms with Crippen LogP contribution in [-0.2, 0) is 14.8 Å². The van der Waals surface area contributed by atoms with Gasteiger partial charge in [0.1, 0.15) is 5.75 Å². The van der Waals surface area contributed by atoms with Crippen molar-refractivity contribution in [2.24, 2.45) is 0 Å². The van der Waals surface area contributed by atoms with Crippen LogP contribution in [0, 0.1) is 13.8 Å². The van der Waals surface area contributed by atoms with Crippen molar-refractivity contribution in [3.05, 3.63) is 29.3 Å². The van der Waals surface area contributed by atoms with Crippen molar-refractivity contribution in [3.8, 4) is 5.75 Å². The molecule has 1 aliphatic rings. The number of carbonyl (C=O) groups excluding carboxylic acids is 1. The normalized spacial score (nSPS) is 16.4. The number of nitrogens with zero attached hydrogens (tertiary/aromatic N) is 1. The van der Waals surface area contributed by atoms with Gasteiger partial charge in [-0.15, -0.1) is 0 Å². The van der Waals surface area contributed by atoms with Crippen LogP contribution in [-0.4, -0.2) is 50.1 Å². The molecule has 26 heavy (non-hydrogen) atoms. The second-order valence-corrected chi connectivity index (χ2v) is 9.03. The van der Waals surface area contributed by atoms with Gasteiger partial charge in [0, 0.05) is 19.1 Å². The van der Waals surface area contributed by atoms with Crippen molar-refractivity contribution in [2.75, 3.05) is 25.4 Å². The Hall–Kier alpha value is -1.60. The lowest BCUT2D eigenvalue weighted by Crippen LogP contribution is -2.47. The smallest absolute Gasteiger partial charge is 0.258 e. The van der Waals surface area contributed by atoms with Crippen LogP contribution >= 0.6 is 0 Å². The van der Waals surface area contributed by atoms with E-state index in [1.807, 2.05) is 39.0 Å². The van der Waals surface area contributed by atoms with Crippen LogP contribution in [0.5, 0.6) is 5.75 Å². The maximum atomic E-state index is 12.2. The summed E-state index contributed by atoms with van der Waals surface area (Å²) in [4.78, 5) is 12.1. The highest BCUT2D eigenvalue weighted by Gasteiger charge is 2.28. The summed E-state index contributed by atoms with van der Waals surface area (Å²) in [5.41, 5.74) is 2.31. The molecule has 1 N–H and O–H groups in total. The first-order chi connectivity index (χ1) is 12.3. The summed E-state index contributed by atoms with van der Waals surface area (Å²) in [5.74, 6) is 0.722. The van der Waals surface area contributed by atoms with Crippen LogP contribution < -0.4 is 10.1 Å². The van der Waals surface area contributed by atoms with E-state index in [0.717, 1.165) is 12.0 Å². The van der Waals surface area contributed by atoms with Gasteiger partial charge in [-0.3, -0.25) is 4.79 Å². The SMILES string of the molecule is CCCCS(=O)(=O)N1CCC(NC(=O)COc2ccc(C)c(C)c2)CC1. The highest BCUT2D eigenvalue weighted by atomic mass is 32.2. The molecule has 2 rings (SSSR count). The van der Waals surface area contributed by atoms with E-state index in [9.17, 15) is 13.2 Å². The molecule has 0 saturated carbocycles. The van der Waals surface area contributed by atoms with Crippen molar-refractivity contribution < 1.29 is 17.9 Å². The molecular formula is C19H30N2O4S. The number of unbranched alkanes of at least 4 members (excludes halogenated alkanes) is 1. The fourth-order valence-corrected chi connectivity index (χ4v) is 4.63. The quantitative estimate of drug-likeness (QED) is 0.749. The molecule has 1 aliphatic heterocycles. The Kier molecular flexibility index (Phi) is 7.46. The van der Waals surface area contributed by atoms with E-state index < -0.39 is 10.0 Å². The van der Waals surface area contributed by atoms with Gasteiger partial charge in [-0.2, -0.15) is 0 Å². The lowest BCUT2D eigenvalue weighted by molar-refractivity contribution is -0.124. The highest BCUT2D eigenvalue weighted by Crippen LogP contribution is 2.17. The van der Waals surface area contributed by atoms with Crippen LogP contribution in [0.4, 0.5) is 0 Å². The van der Waals surface area contributed by atoms with E-state index in [4.69, 9.17) is 4.74 Å². The van der Waals surface area contributed by atoms with E-state index in [0.29, 0.717) is 38.1 Å². The van der Waals surface area contributed by atoms with Crippen LogP contribution in [0.2, 0.25) is 0 Å². The maximum Gasteiger partial charge on any atom is 0.258 e. The highest BCUT2D eigenvalue weighted by molar-refractivity contribution is 7.89. The van der Waals surface area contributed by atoms with Gasteiger partial charge < -0.3 is 10.1 Å². The van der Waals surface area contributed by atoms with E-state index in [1.54, 1.807) is 4.31 Å². The van der Waals surface area contributed by atoms with Crippen LogP contribution in [0.25, 0.3) is 0 Å². The first-order valence-corrected chi connectivity index (χ1v) is 10.9. The molecule has 0 unspecified atom stereocenters. The van der Waals surface area contributed by atoms with Gasteiger partial charge in [0.15, 0.2) is 6.61 Å². The molecule has 7 heteroatoms. The zero-order valence-corrected chi connectivity index (χ0v) is 16.8. The van der Waals surface area contributed by atoms with Crippen LogP contribution in [0.15, 0.2) is 18.2 Å². The lowest BCUT2D eigenvalue weighted by Gasteiger charge is -2.31. The number of carbonyl (C=O) groups is 1. The number of aryl methyl sites for hydroxylation is 2. The number of nitrogens with one attached hydrogen (secondary N) is 1. The van der Waals surface area contributed by atoms with Gasteiger partial charge in [-0.25, -0.2) is 12.7 Å². The molecule has 1 aromatic rings. The first-order valence-electron chi connectivity index (χ1n) is 9.29. The number of amides is 1. The van der Waals surface area contributed by atoms with Gasteiger partial charge in [-0.05, 0) is 56.4 Å². The summed E-state index contributed by atoms with van der Waals surface area (Å²) in [5, 5.41) is 2.94. The van der Waals surface area contributed by atoms with Gasteiger partial charge in [0.25, 0.3) is 5.91 Å². The molecule has 1 amide bonds. The van der Waals surface area contributed by atoms with E-state index >= 15 is 0 Å². The third-order valence-electron chi connectivity index (χ3n) is 4.82. The number of benzene rings is 1. The van der Waals surface area contributed by atoms with Crippen molar-refractivity contribution in [1.82, 2.24) is 9.62 Å². The average Bonchev–Trinajstić information content (AvgIpc) is 2.61. The molecule has 6 nitrogen and oxygen atoms in total. The Labute approximate surface area is 157 Å². The molecule has 146 valence electrons. The number of hydrogen-bond acceptors (Lipinski definition) is 4. The summed E-state index contributed by atoms with van der Waals surface area (Å²) < 4.78 is 31.5. The molecule has 0 aromatic heterocycles. The molecule has 1 heterocycles. The Morgan fingerprint density at radius 1 is 1.23 bits per heavy atom. The Morgan fingerprint density at radius 3 is 2.54 bits per heavy atom. The van der Waals surface area contributed by atoms with Crippen molar-refractivity contribution in [1.29, 1.82) is 0 Å². The van der Waals surface area contributed by atoms with Crippen LogP contribution in [0.3, 0.4) is 0 Å². The number of rotatable bonds is 8. The second kappa shape index (κ2) is 9.37. The molecule has 0 aliphatic carbocycles. The number of ether oxygens (including phenoxy) is 1. The number of sulfonamides is 1. The average molecular weight is 383 g/mol. The third-order valence-corrected chi connectivity index (χ3v) is 6.77. The van der Waals surface area contributed by atoms with Gasteiger partial charge in [0.05, 0.1) is 5.75 Å². The summed E-state index contributed by atoms with van der Waals surface area (Å²) >= 11 is 0. The minimum absolute atomic E-state index is 0.00322. The number of piperidine rings is 1. The van der Waals surface area contributed by atoms with Crippen LogP contribution in [0.1, 0.15) is 43.7 Å². The molecule has 0 bridgehead atoms. The summed E-state index contributed by atoms with van der Waals surface area (Å²) in [6.07, 6.45) is 2.84. The van der Waals surface area contributed by atoms with Gasteiger partial charge in [-0.1, -0.05) is 19.4 Å². The Balaban J connectivity index is 1.74. The monoisotopic (exact) mass is 382 g/mol. The number of hydrogen-bond donors (Lipinski definition) is 1. The first kappa shape index (κ1) is 20.7. The zero-order valence-electron chi connectivity index (χ0n) is 16.0. The largest absolute Gasteiger partial charge is 0.484 e. The van der Waals surface area contributed by atoms with Crippen molar-refractivity contribution in [2.45, 2.75) is 52.5 Å². The lowest BCUT2D eigenvalue weighted by atomic mass is 10.1. The van der Waals surface area contributed by atoms with E-state index in [2.05, 4.69) is 5.32 Å². The van der Waals surface area contributed by atoms with Crippen molar-refractivity contribution >= 4 is 15.9 Å². The summed E-state index contributed by atoms with van der Waals surface area (Å²) in [6, 6.07) is 5.75. The summed E-state index contributed by atoms with van der Waals surface area (Å²) in [7, 11) is -3.16. The molecular weight excluding hydrogens is 352 g/mol. The molecule has 1 saturated heterocycles. The molecule has 0 radical (unpaired) electrons. The van der Waals surface area contributed by atoms with Gasteiger partial charge in [0.2, 0.25) is 10.0 Å². The summed E-state index contributed by atoms with van der Waals surface area (Å²) in [6.45, 7) is 6.92. The fourth-order valence-electron chi connectivity index (χ4n) is 2.96. The van der Waals surface area contributed by atoms with E-state index in [1.165, 1.54) is 5.56 Å². The molecule has 1 aromatic carbocycles. The van der Waals surface area contributed by atoms with Gasteiger partial charge >= 0.3 is 0 Å². The molecule has 0 spiro atoms. The zero-order chi connectivity index (χ0) is 19.2. The van der Waals surface area contributed by atoms with Crippen molar-refractivity contribution in [3.63, 3.8) is 0 Å². The predicted molar refractivity (Wildman–Crippen MR) is 103 cm³/mol. The fraction of sp³-hybridized carbons (Fsp3) is 0.632. The minimum Gasteiger partial charge on any atom is -0.484 e. The molecule has 1 fully saturated rings. The maximum absolute atomic E-state index is 12.2. The minimum atomic E-state index is -3.16. The Morgan fingerprint density at radius 2 is 1.92 bits per heavy atom.